The van der Waals surface area contributed by atoms with Crippen LogP contribution in [-0.2, 0) is 0 Å². The topological polar surface area (TPSA) is 17.1 Å². The first-order valence-corrected chi connectivity index (χ1v) is 4.00. The van der Waals surface area contributed by atoms with E-state index in [9.17, 15) is 4.79 Å². The molecule has 0 saturated carbocycles. The summed E-state index contributed by atoms with van der Waals surface area (Å²) >= 11 is 14.9. The molecule has 1 nitrogen and oxygen atoms in total. The maximum Gasteiger partial charge on any atom is 0.253 e. The first-order valence-electron chi connectivity index (χ1n) is 2.80. The fraction of sp³-hybridized carbons (Fsp3) is 0.125. The average molecular weight is 223 g/mol. The van der Waals surface area contributed by atoms with Gasteiger partial charge in [-0.15, -0.1) is 12.6 Å². The van der Waals surface area contributed by atoms with Crippen LogP contribution in [0.1, 0.15) is 17.8 Å². The highest BCUT2D eigenvalue weighted by molar-refractivity contribution is 7.80. The quantitative estimate of drug-likeness (QED) is 0.568. The van der Waals surface area contributed by atoms with E-state index in [1.165, 1.54) is 0 Å². The number of rotatable bonds is 1. The Hall–Kier alpha value is -0.180. The van der Waals surface area contributed by atoms with Crippen LogP contribution >= 0.6 is 35.8 Å². The zero-order valence-electron chi connectivity index (χ0n) is 5.34. The third-order valence-electron chi connectivity index (χ3n) is 1.19. The van der Waals surface area contributed by atoms with Crippen molar-refractivity contribution >= 4 is 41.1 Å². The van der Waals surface area contributed by atoms with E-state index < -0.39 is 5.24 Å². The summed E-state index contributed by atoms with van der Waals surface area (Å²) in [6.07, 6.45) is 0. The molecule has 0 saturated heterocycles. The van der Waals surface area contributed by atoms with Crippen LogP contribution in [0.25, 0.3) is 0 Å². The zero-order valence-corrected chi connectivity index (χ0v) is 7.75. The van der Waals surface area contributed by atoms with E-state index in [0.29, 0.717) is 15.5 Å². The molecule has 66 valence electrons. The molecule has 0 fully saturated rings. The molecular formula is C8H8Cl2OS. The minimum atomic E-state index is -0.564. The SMILES string of the molecule is C.O=C(Cl)c1cccc(S)c1Cl. The minimum absolute atomic E-state index is 0. The van der Waals surface area contributed by atoms with Crippen LogP contribution in [0.5, 0.6) is 0 Å². The number of hydrogen-bond donors (Lipinski definition) is 1. The minimum Gasteiger partial charge on any atom is -0.276 e. The highest BCUT2D eigenvalue weighted by atomic mass is 35.5. The summed E-state index contributed by atoms with van der Waals surface area (Å²) in [6.45, 7) is 0. The highest BCUT2D eigenvalue weighted by Gasteiger charge is 2.08. The van der Waals surface area contributed by atoms with Gasteiger partial charge in [-0.1, -0.05) is 25.1 Å². The Morgan fingerprint density at radius 2 is 2.00 bits per heavy atom. The second-order valence-corrected chi connectivity index (χ2v) is 3.12. The van der Waals surface area contributed by atoms with Crippen molar-refractivity contribution in [1.29, 1.82) is 0 Å². The summed E-state index contributed by atoms with van der Waals surface area (Å²) < 4.78 is 0. The van der Waals surface area contributed by atoms with Crippen LogP contribution in [0.15, 0.2) is 23.1 Å². The Morgan fingerprint density at radius 1 is 1.42 bits per heavy atom. The van der Waals surface area contributed by atoms with Gasteiger partial charge in [0, 0.05) is 4.90 Å². The molecule has 0 aromatic heterocycles. The maximum absolute atomic E-state index is 10.7. The molecule has 0 spiro atoms. The Kier molecular flexibility index (Phi) is 4.68. The van der Waals surface area contributed by atoms with E-state index in [0.717, 1.165) is 0 Å². The summed E-state index contributed by atoms with van der Waals surface area (Å²) in [5.74, 6) is 0. The Balaban J connectivity index is 0.00000121. The Labute approximate surface area is 87.1 Å². The van der Waals surface area contributed by atoms with Crippen LogP contribution in [0.4, 0.5) is 0 Å². The number of thiol groups is 1. The molecule has 0 aliphatic rings. The van der Waals surface area contributed by atoms with E-state index in [4.69, 9.17) is 23.2 Å². The first-order chi connectivity index (χ1) is 5.13. The number of carbonyl (C=O) groups is 1. The number of carbonyl (C=O) groups excluding carboxylic acids is 1. The van der Waals surface area contributed by atoms with Crippen molar-refractivity contribution < 1.29 is 4.79 Å². The zero-order chi connectivity index (χ0) is 8.43. The number of benzene rings is 1. The lowest BCUT2D eigenvalue weighted by Crippen LogP contribution is -1.89. The third-order valence-corrected chi connectivity index (χ3v) is 2.31. The van der Waals surface area contributed by atoms with Gasteiger partial charge < -0.3 is 0 Å². The predicted molar refractivity (Wildman–Crippen MR) is 55.6 cm³/mol. The van der Waals surface area contributed by atoms with Gasteiger partial charge in [0.1, 0.15) is 0 Å². The van der Waals surface area contributed by atoms with Crippen molar-refractivity contribution in [3.8, 4) is 0 Å². The van der Waals surface area contributed by atoms with Crippen LogP contribution in [0.3, 0.4) is 0 Å². The standard InChI is InChI=1S/C7H4Cl2OS.CH4/c8-6-4(7(9)10)2-1-3-5(6)11;/h1-3,11H;1H4. The van der Waals surface area contributed by atoms with Gasteiger partial charge in [-0.3, -0.25) is 4.79 Å². The van der Waals surface area contributed by atoms with Crippen molar-refractivity contribution in [2.45, 2.75) is 12.3 Å². The van der Waals surface area contributed by atoms with E-state index in [1.807, 2.05) is 0 Å². The Bertz CT molecular complexity index is 299. The molecular weight excluding hydrogens is 215 g/mol. The lowest BCUT2D eigenvalue weighted by atomic mass is 10.2. The molecule has 0 aliphatic heterocycles. The first kappa shape index (κ1) is 11.8. The maximum atomic E-state index is 10.7. The summed E-state index contributed by atoms with van der Waals surface area (Å²) in [5.41, 5.74) is 0.292. The smallest absolute Gasteiger partial charge is 0.253 e. The lowest BCUT2D eigenvalue weighted by molar-refractivity contribution is 0.108. The third kappa shape index (κ3) is 2.41. The molecule has 0 radical (unpaired) electrons. The summed E-state index contributed by atoms with van der Waals surface area (Å²) in [7, 11) is 0. The van der Waals surface area contributed by atoms with Crippen LogP contribution in [0, 0.1) is 0 Å². The molecule has 0 heterocycles. The van der Waals surface area contributed by atoms with Crippen molar-refractivity contribution in [3.63, 3.8) is 0 Å². The average Bonchev–Trinajstić information content (AvgIpc) is 1.94. The van der Waals surface area contributed by atoms with Gasteiger partial charge in [0.15, 0.2) is 0 Å². The van der Waals surface area contributed by atoms with E-state index in [-0.39, 0.29) is 7.43 Å². The van der Waals surface area contributed by atoms with Gasteiger partial charge in [-0.2, -0.15) is 0 Å². The van der Waals surface area contributed by atoms with Gasteiger partial charge in [0.2, 0.25) is 0 Å². The van der Waals surface area contributed by atoms with E-state index in [1.54, 1.807) is 18.2 Å². The van der Waals surface area contributed by atoms with E-state index >= 15 is 0 Å². The monoisotopic (exact) mass is 222 g/mol. The number of halogens is 2. The Morgan fingerprint density at radius 3 is 2.42 bits per heavy atom. The molecule has 0 atom stereocenters. The molecule has 0 bridgehead atoms. The van der Waals surface area contributed by atoms with Crippen molar-refractivity contribution in [2.24, 2.45) is 0 Å². The van der Waals surface area contributed by atoms with Crippen molar-refractivity contribution in [2.75, 3.05) is 0 Å². The molecule has 0 unspecified atom stereocenters. The molecule has 0 aliphatic carbocycles. The molecule has 1 aromatic rings. The molecule has 1 aromatic carbocycles. The summed E-state index contributed by atoms with van der Waals surface area (Å²) in [4.78, 5) is 11.2. The molecule has 12 heavy (non-hydrogen) atoms. The van der Waals surface area contributed by atoms with Gasteiger partial charge in [-0.25, -0.2) is 0 Å². The van der Waals surface area contributed by atoms with Crippen molar-refractivity contribution in [3.05, 3.63) is 28.8 Å². The van der Waals surface area contributed by atoms with Crippen LogP contribution in [0.2, 0.25) is 5.02 Å². The van der Waals surface area contributed by atoms with Crippen molar-refractivity contribution in [1.82, 2.24) is 0 Å². The molecule has 4 heteroatoms. The van der Waals surface area contributed by atoms with Gasteiger partial charge in [0.25, 0.3) is 5.24 Å². The van der Waals surface area contributed by atoms with E-state index in [2.05, 4.69) is 12.6 Å². The number of hydrogen-bond acceptors (Lipinski definition) is 2. The van der Waals surface area contributed by atoms with Gasteiger partial charge in [0.05, 0.1) is 10.6 Å². The molecule has 0 amide bonds. The fourth-order valence-electron chi connectivity index (χ4n) is 0.672. The summed E-state index contributed by atoms with van der Waals surface area (Å²) in [6, 6.07) is 4.91. The lowest BCUT2D eigenvalue weighted by Gasteiger charge is -1.99. The van der Waals surface area contributed by atoms with Crippen LogP contribution in [-0.4, -0.2) is 5.24 Å². The normalized spacial score (nSPS) is 8.92. The highest BCUT2D eigenvalue weighted by Crippen LogP contribution is 2.24. The van der Waals surface area contributed by atoms with Crippen LogP contribution < -0.4 is 0 Å². The largest absolute Gasteiger partial charge is 0.276 e. The van der Waals surface area contributed by atoms with Gasteiger partial charge >= 0.3 is 0 Å². The summed E-state index contributed by atoms with van der Waals surface area (Å²) in [5, 5.41) is -0.262. The fourth-order valence-corrected chi connectivity index (χ4v) is 1.30. The van der Waals surface area contributed by atoms with Gasteiger partial charge in [-0.05, 0) is 23.7 Å². The second kappa shape index (κ2) is 4.75. The molecule has 0 N–H and O–H groups in total. The molecule has 1 rings (SSSR count). The predicted octanol–water partition coefficient (Wildman–Crippen LogP) is 3.64. The second-order valence-electron chi connectivity index (χ2n) is 1.91.